The van der Waals surface area contributed by atoms with Gasteiger partial charge in [0.1, 0.15) is 17.4 Å². The van der Waals surface area contributed by atoms with Crippen LogP contribution in [0.4, 0.5) is 15.3 Å². The van der Waals surface area contributed by atoms with E-state index < -0.39 is 34.7 Å². The Labute approximate surface area is 246 Å². The van der Waals surface area contributed by atoms with E-state index in [0.717, 1.165) is 18.4 Å². The topological polar surface area (TPSA) is 129 Å². The first kappa shape index (κ1) is 32.4. The average molecular weight is 584 g/mol. The van der Waals surface area contributed by atoms with Gasteiger partial charge in [0.2, 0.25) is 0 Å². The first-order valence-electron chi connectivity index (χ1n) is 14.4. The second kappa shape index (κ2) is 15.2. The predicted molar refractivity (Wildman–Crippen MR) is 156 cm³/mol. The first-order valence-corrected chi connectivity index (χ1v) is 14.4. The largest absolute Gasteiger partial charge is 0.464 e. The van der Waals surface area contributed by atoms with Crippen molar-refractivity contribution in [2.45, 2.75) is 71.4 Å². The molecule has 0 N–H and O–H groups in total. The van der Waals surface area contributed by atoms with E-state index in [4.69, 9.17) is 14.2 Å². The Morgan fingerprint density at radius 2 is 1.79 bits per heavy atom. The fourth-order valence-electron chi connectivity index (χ4n) is 4.68. The maximum Gasteiger partial charge on any atom is 0.416 e. The molecule has 0 aliphatic carbocycles. The van der Waals surface area contributed by atoms with Crippen LogP contribution in [0.2, 0.25) is 0 Å². The van der Waals surface area contributed by atoms with Crippen LogP contribution in [-0.2, 0) is 20.7 Å². The molecule has 0 radical (unpaired) electrons. The van der Waals surface area contributed by atoms with Crippen molar-refractivity contribution in [2.75, 3.05) is 26.2 Å². The minimum Gasteiger partial charge on any atom is -0.464 e. The number of benzene rings is 2. The van der Waals surface area contributed by atoms with Gasteiger partial charge in [0.25, 0.3) is 5.69 Å². The minimum atomic E-state index is -0.994. The van der Waals surface area contributed by atoms with E-state index in [1.54, 1.807) is 25.7 Å². The van der Waals surface area contributed by atoms with Gasteiger partial charge in [0.05, 0.1) is 11.5 Å². The molecule has 228 valence electrons. The third-order valence-electron chi connectivity index (χ3n) is 6.78. The lowest BCUT2D eigenvalue weighted by atomic mass is 9.96. The number of nitro groups is 1. The molecule has 1 aliphatic heterocycles. The standard InChI is InChI=1S/C31H41N3O8/c1-5-6-19-40-28(35)27(20-23-11-8-7-9-12-23)33(30(37)41-26-16-14-25(15-17-26)34(38)39)22-24-13-10-18-32(21-24)29(36)42-31(2,3)4/h7-9,11-12,14-17,24,27H,5-6,10,13,18-22H2,1-4H3/t24?,27-/m1/s1. The van der Waals surface area contributed by atoms with Crippen LogP contribution < -0.4 is 4.74 Å². The molecule has 2 amide bonds. The van der Waals surface area contributed by atoms with Gasteiger partial charge >= 0.3 is 18.2 Å². The molecule has 11 heteroatoms. The zero-order valence-electron chi connectivity index (χ0n) is 24.8. The number of carbonyl (C=O) groups excluding carboxylic acids is 3. The summed E-state index contributed by atoms with van der Waals surface area (Å²) in [5.41, 5.74) is 0.0489. The highest BCUT2D eigenvalue weighted by Crippen LogP contribution is 2.24. The maximum atomic E-state index is 13.7. The molecular weight excluding hydrogens is 542 g/mol. The SMILES string of the molecule is CCCCOC(=O)[C@@H](Cc1ccccc1)N(CC1CCCN(C(=O)OC(C)(C)C)C1)C(=O)Oc1ccc([N+](=O)[O-])cc1. The highest BCUT2D eigenvalue weighted by molar-refractivity contribution is 5.82. The summed E-state index contributed by atoms with van der Waals surface area (Å²) in [6.07, 6.45) is 1.95. The van der Waals surface area contributed by atoms with Crippen molar-refractivity contribution >= 4 is 23.8 Å². The van der Waals surface area contributed by atoms with Crippen molar-refractivity contribution in [1.82, 2.24) is 9.80 Å². The number of hydrogen-bond acceptors (Lipinski definition) is 8. The number of unbranched alkanes of at least 4 members (excludes halogenated alkanes) is 1. The summed E-state index contributed by atoms with van der Waals surface area (Å²) >= 11 is 0. The van der Waals surface area contributed by atoms with E-state index in [-0.39, 0.29) is 36.9 Å². The number of carbonyl (C=O) groups is 3. The van der Waals surface area contributed by atoms with Crippen molar-refractivity contribution in [3.63, 3.8) is 0 Å². The molecule has 2 aromatic carbocycles. The summed E-state index contributed by atoms with van der Waals surface area (Å²) in [6, 6.07) is 13.5. The normalized spacial score (nSPS) is 15.8. The molecule has 42 heavy (non-hydrogen) atoms. The number of likely N-dealkylation sites (tertiary alicyclic amines) is 1. The molecule has 11 nitrogen and oxygen atoms in total. The zero-order valence-corrected chi connectivity index (χ0v) is 24.8. The number of amides is 2. The number of rotatable bonds is 11. The van der Waals surface area contributed by atoms with E-state index in [1.807, 2.05) is 37.3 Å². The van der Waals surface area contributed by atoms with Crippen LogP contribution in [0.1, 0.15) is 58.9 Å². The van der Waals surface area contributed by atoms with Crippen molar-refractivity contribution in [3.05, 3.63) is 70.3 Å². The number of hydrogen-bond donors (Lipinski definition) is 0. The monoisotopic (exact) mass is 583 g/mol. The van der Waals surface area contributed by atoms with Gasteiger partial charge in [-0.2, -0.15) is 0 Å². The Bertz CT molecular complexity index is 1200. The van der Waals surface area contributed by atoms with Gasteiger partial charge in [-0.05, 0) is 63.6 Å². The van der Waals surface area contributed by atoms with Crippen molar-refractivity contribution in [3.8, 4) is 5.75 Å². The molecule has 0 bridgehead atoms. The third kappa shape index (κ3) is 10.0. The third-order valence-corrected chi connectivity index (χ3v) is 6.78. The average Bonchev–Trinajstić information content (AvgIpc) is 2.95. The van der Waals surface area contributed by atoms with Crippen LogP contribution in [0, 0.1) is 16.0 Å². The molecule has 0 saturated carbocycles. The summed E-state index contributed by atoms with van der Waals surface area (Å²) in [7, 11) is 0. The summed E-state index contributed by atoms with van der Waals surface area (Å²) in [5.74, 6) is -0.599. The number of non-ortho nitro benzene ring substituents is 1. The smallest absolute Gasteiger partial charge is 0.416 e. The first-order chi connectivity index (χ1) is 20.0. The van der Waals surface area contributed by atoms with Crippen LogP contribution in [0.5, 0.6) is 5.75 Å². The fourth-order valence-corrected chi connectivity index (χ4v) is 4.68. The zero-order chi connectivity index (χ0) is 30.7. The second-order valence-corrected chi connectivity index (χ2v) is 11.4. The van der Waals surface area contributed by atoms with Crippen LogP contribution >= 0.6 is 0 Å². The van der Waals surface area contributed by atoms with E-state index in [1.165, 1.54) is 29.2 Å². The molecule has 1 unspecified atom stereocenters. The van der Waals surface area contributed by atoms with Crippen molar-refractivity contribution < 1.29 is 33.5 Å². The van der Waals surface area contributed by atoms with Gasteiger partial charge in [-0.15, -0.1) is 0 Å². The molecule has 1 fully saturated rings. The quantitative estimate of drug-likeness (QED) is 0.136. The number of esters is 1. The lowest BCUT2D eigenvalue weighted by molar-refractivity contribution is -0.384. The summed E-state index contributed by atoms with van der Waals surface area (Å²) in [4.78, 5) is 53.5. The Kier molecular flexibility index (Phi) is 11.7. The van der Waals surface area contributed by atoms with E-state index >= 15 is 0 Å². The predicted octanol–water partition coefficient (Wildman–Crippen LogP) is 6.00. The van der Waals surface area contributed by atoms with Crippen LogP contribution in [0.15, 0.2) is 54.6 Å². The van der Waals surface area contributed by atoms with Gasteiger partial charge in [0.15, 0.2) is 0 Å². The number of nitrogens with zero attached hydrogens (tertiary/aromatic N) is 3. The fraction of sp³-hybridized carbons (Fsp3) is 0.516. The number of nitro benzene ring substituents is 1. The van der Waals surface area contributed by atoms with Gasteiger partial charge in [0, 0.05) is 38.2 Å². The molecule has 2 aromatic rings. The molecule has 1 aliphatic rings. The molecule has 3 rings (SSSR count). The molecule has 0 spiro atoms. The van der Waals surface area contributed by atoms with Crippen molar-refractivity contribution in [1.29, 1.82) is 0 Å². The number of ether oxygens (including phenoxy) is 3. The molecule has 0 aromatic heterocycles. The Balaban J connectivity index is 1.89. The van der Waals surface area contributed by atoms with E-state index in [0.29, 0.717) is 25.9 Å². The summed E-state index contributed by atoms with van der Waals surface area (Å²) < 4.78 is 16.8. The number of piperidine rings is 1. The highest BCUT2D eigenvalue weighted by atomic mass is 16.6. The van der Waals surface area contributed by atoms with Crippen molar-refractivity contribution in [2.24, 2.45) is 5.92 Å². The minimum absolute atomic E-state index is 0.104. The molecular formula is C31H41N3O8. The summed E-state index contributed by atoms with van der Waals surface area (Å²) in [5, 5.41) is 11.1. The van der Waals surface area contributed by atoms with E-state index in [2.05, 4.69) is 0 Å². The summed E-state index contributed by atoms with van der Waals surface area (Å²) in [6.45, 7) is 8.64. The van der Waals surface area contributed by atoms with Crippen LogP contribution in [0.3, 0.4) is 0 Å². The Hall–Kier alpha value is -4.15. The van der Waals surface area contributed by atoms with Crippen LogP contribution in [-0.4, -0.2) is 70.8 Å². The van der Waals surface area contributed by atoms with Gasteiger partial charge in [-0.3, -0.25) is 15.0 Å². The maximum absolute atomic E-state index is 13.7. The molecule has 1 heterocycles. The van der Waals surface area contributed by atoms with Gasteiger partial charge in [-0.25, -0.2) is 14.4 Å². The van der Waals surface area contributed by atoms with E-state index in [9.17, 15) is 24.5 Å². The van der Waals surface area contributed by atoms with Crippen LogP contribution in [0.25, 0.3) is 0 Å². The molecule has 2 atom stereocenters. The second-order valence-electron chi connectivity index (χ2n) is 11.4. The Morgan fingerprint density at radius 3 is 2.40 bits per heavy atom. The van der Waals surface area contributed by atoms with Gasteiger partial charge in [-0.1, -0.05) is 43.7 Å². The lowest BCUT2D eigenvalue weighted by Gasteiger charge is -2.38. The molecule has 1 saturated heterocycles. The lowest BCUT2D eigenvalue weighted by Crippen LogP contribution is -2.53. The Morgan fingerprint density at radius 1 is 1.10 bits per heavy atom. The highest BCUT2D eigenvalue weighted by Gasteiger charge is 2.36. The van der Waals surface area contributed by atoms with Gasteiger partial charge < -0.3 is 19.1 Å².